The fourth-order valence-electron chi connectivity index (χ4n) is 1.79. The van der Waals surface area contributed by atoms with Crippen molar-refractivity contribution in [1.29, 1.82) is 0 Å². The van der Waals surface area contributed by atoms with E-state index in [-0.39, 0.29) is 12.3 Å². The number of carbonyl (C=O) groups is 2. The van der Waals surface area contributed by atoms with Crippen LogP contribution in [0.5, 0.6) is 0 Å². The van der Waals surface area contributed by atoms with Gasteiger partial charge in [0.25, 0.3) is 5.91 Å². The summed E-state index contributed by atoms with van der Waals surface area (Å²) in [5, 5.41) is 11.3. The molecule has 0 saturated carbocycles. The molecule has 0 aliphatic heterocycles. The van der Waals surface area contributed by atoms with Gasteiger partial charge in [-0.2, -0.15) is 0 Å². The first-order valence-electron chi connectivity index (χ1n) is 6.55. The van der Waals surface area contributed by atoms with Gasteiger partial charge in [-0.05, 0) is 31.0 Å². The summed E-state index contributed by atoms with van der Waals surface area (Å²) < 4.78 is 0.838. The molecule has 1 rings (SSSR count). The summed E-state index contributed by atoms with van der Waals surface area (Å²) in [6.45, 7) is 0.571. The van der Waals surface area contributed by atoms with E-state index in [0.717, 1.165) is 23.7 Å². The Morgan fingerprint density at radius 2 is 1.90 bits per heavy atom. The number of nitrogen functional groups attached to an aromatic ring is 1. The van der Waals surface area contributed by atoms with Crippen LogP contribution in [0.1, 0.15) is 42.5 Å². The molecule has 0 bridgehead atoms. The third-order valence-electron chi connectivity index (χ3n) is 2.86. The maximum atomic E-state index is 11.9. The second-order valence-corrected chi connectivity index (χ2v) is 5.46. The maximum Gasteiger partial charge on any atom is 0.303 e. The lowest BCUT2D eigenvalue weighted by Crippen LogP contribution is -2.25. The molecule has 0 spiro atoms. The van der Waals surface area contributed by atoms with Gasteiger partial charge in [-0.3, -0.25) is 9.59 Å². The van der Waals surface area contributed by atoms with Crippen LogP contribution >= 0.6 is 15.9 Å². The Bertz CT molecular complexity index is 477. The standard InChI is InChI=1S/C14H19BrN2O3/c15-10-6-7-11(12(16)9-10)14(20)17-8-4-2-1-3-5-13(18)19/h6-7,9H,1-5,8,16H2,(H,17,20)(H,18,19). The molecule has 20 heavy (non-hydrogen) atoms. The third-order valence-corrected chi connectivity index (χ3v) is 3.35. The van der Waals surface area contributed by atoms with Gasteiger partial charge in [0.1, 0.15) is 0 Å². The van der Waals surface area contributed by atoms with E-state index in [4.69, 9.17) is 10.8 Å². The van der Waals surface area contributed by atoms with Crippen LogP contribution in [0.15, 0.2) is 22.7 Å². The van der Waals surface area contributed by atoms with Crippen molar-refractivity contribution in [2.24, 2.45) is 0 Å². The Hall–Kier alpha value is -1.56. The minimum atomic E-state index is -0.760. The number of carboxylic acid groups (broad SMARTS) is 1. The quantitative estimate of drug-likeness (QED) is 0.500. The second kappa shape index (κ2) is 8.58. The number of nitrogens with one attached hydrogen (secondary N) is 1. The topological polar surface area (TPSA) is 92.4 Å². The second-order valence-electron chi connectivity index (χ2n) is 4.55. The highest BCUT2D eigenvalue weighted by molar-refractivity contribution is 9.10. The Morgan fingerprint density at radius 3 is 2.55 bits per heavy atom. The van der Waals surface area contributed by atoms with E-state index in [1.165, 1.54) is 0 Å². The molecule has 5 nitrogen and oxygen atoms in total. The molecule has 6 heteroatoms. The van der Waals surface area contributed by atoms with Crippen LogP contribution < -0.4 is 11.1 Å². The minimum Gasteiger partial charge on any atom is -0.481 e. The lowest BCUT2D eigenvalue weighted by molar-refractivity contribution is -0.137. The van der Waals surface area contributed by atoms with Crippen LogP contribution in [0.2, 0.25) is 0 Å². The number of carbonyl (C=O) groups excluding carboxylic acids is 1. The van der Waals surface area contributed by atoms with Gasteiger partial charge in [0, 0.05) is 23.1 Å². The van der Waals surface area contributed by atoms with Crippen LogP contribution in [0.25, 0.3) is 0 Å². The molecule has 4 N–H and O–H groups in total. The van der Waals surface area contributed by atoms with Crippen molar-refractivity contribution >= 4 is 33.5 Å². The number of amides is 1. The van der Waals surface area contributed by atoms with E-state index >= 15 is 0 Å². The van der Waals surface area contributed by atoms with Crippen molar-refractivity contribution in [1.82, 2.24) is 5.32 Å². The van der Waals surface area contributed by atoms with Gasteiger partial charge in [-0.1, -0.05) is 28.8 Å². The zero-order valence-electron chi connectivity index (χ0n) is 11.2. The summed E-state index contributed by atoms with van der Waals surface area (Å²) >= 11 is 3.29. The summed E-state index contributed by atoms with van der Waals surface area (Å²) in [4.78, 5) is 22.2. The Morgan fingerprint density at radius 1 is 1.20 bits per heavy atom. The van der Waals surface area contributed by atoms with Crippen molar-refractivity contribution in [3.8, 4) is 0 Å². The summed E-state index contributed by atoms with van der Waals surface area (Å²) in [6.07, 6.45) is 3.50. The maximum absolute atomic E-state index is 11.9. The monoisotopic (exact) mass is 342 g/mol. The van der Waals surface area contributed by atoms with Crippen LogP contribution in [0.3, 0.4) is 0 Å². The molecule has 0 unspecified atom stereocenters. The number of halogens is 1. The third kappa shape index (κ3) is 6.06. The van der Waals surface area contributed by atoms with Gasteiger partial charge >= 0.3 is 5.97 Å². The number of benzene rings is 1. The summed E-state index contributed by atoms with van der Waals surface area (Å²) in [5.41, 5.74) is 6.69. The van der Waals surface area contributed by atoms with Crippen molar-refractivity contribution in [2.75, 3.05) is 12.3 Å². The summed E-state index contributed by atoms with van der Waals surface area (Å²) in [5.74, 6) is -0.940. The van der Waals surface area contributed by atoms with Crippen LogP contribution in [0.4, 0.5) is 5.69 Å². The molecule has 0 saturated heterocycles. The molecule has 1 aromatic rings. The van der Waals surface area contributed by atoms with Gasteiger partial charge in [0.05, 0.1) is 5.56 Å². The summed E-state index contributed by atoms with van der Waals surface area (Å²) in [6, 6.07) is 5.15. The highest BCUT2D eigenvalue weighted by atomic mass is 79.9. The largest absolute Gasteiger partial charge is 0.481 e. The lowest BCUT2D eigenvalue weighted by Gasteiger charge is -2.07. The van der Waals surface area contributed by atoms with Crippen LogP contribution in [0, 0.1) is 0 Å². The molecule has 0 aromatic heterocycles. The first-order valence-corrected chi connectivity index (χ1v) is 7.35. The van der Waals surface area contributed by atoms with E-state index in [1.54, 1.807) is 18.2 Å². The highest BCUT2D eigenvalue weighted by Gasteiger charge is 2.08. The van der Waals surface area contributed by atoms with Gasteiger partial charge < -0.3 is 16.2 Å². The van der Waals surface area contributed by atoms with Gasteiger partial charge in [-0.15, -0.1) is 0 Å². The molecule has 1 aromatic carbocycles. The predicted molar refractivity (Wildman–Crippen MR) is 81.6 cm³/mol. The van der Waals surface area contributed by atoms with Crippen LogP contribution in [-0.2, 0) is 4.79 Å². The zero-order valence-corrected chi connectivity index (χ0v) is 12.8. The molecule has 1 amide bonds. The Labute approximate surface area is 126 Å². The number of carboxylic acids is 1. The molecule has 0 radical (unpaired) electrons. The van der Waals surface area contributed by atoms with E-state index < -0.39 is 5.97 Å². The predicted octanol–water partition coefficient (Wildman–Crippen LogP) is 2.80. The summed E-state index contributed by atoms with van der Waals surface area (Å²) in [7, 11) is 0. The Kier molecular flexibility index (Phi) is 7.08. The Balaban J connectivity index is 2.22. The SMILES string of the molecule is Nc1cc(Br)ccc1C(=O)NCCCCCCC(=O)O. The molecule has 0 aliphatic carbocycles. The number of anilines is 1. The lowest BCUT2D eigenvalue weighted by atomic mass is 10.1. The molecular weight excluding hydrogens is 324 g/mol. The van der Waals surface area contributed by atoms with Gasteiger partial charge in [0.15, 0.2) is 0 Å². The molecular formula is C14H19BrN2O3. The number of unbranched alkanes of at least 4 members (excludes halogenated alkanes) is 3. The van der Waals surface area contributed by atoms with E-state index in [9.17, 15) is 9.59 Å². The number of hydrogen-bond donors (Lipinski definition) is 3. The number of aliphatic carboxylic acids is 1. The molecule has 0 aliphatic rings. The first-order chi connectivity index (χ1) is 9.50. The number of rotatable bonds is 8. The van der Waals surface area contributed by atoms with Gasteiger partial charge in [-0.25, -0.2) is 0 Å². The fraction of sp³-hybridized carbons (Fsp3) is 0.429. The van der Waals surface area contributed by atoms with E-state index in [2.05, 4.69) is 21.2 Å². The van der Waals surface area contributed by atoms with E-state index in [0.29, 0.717) is 24.2 Å². The normalized spacial score (nSPS) is 10.2. The van der Waals surface area contributed by atoms with Crippen molar-refractivity contribution in [3.05, 3.63) is 28.2 Å². The van der Waals surface area contributed by atoms with Crippen molar-refractivity contribution in [3.63, 3.8) is 0 Å². The highest BCUT2D eigenvalue weighted by Crippen LogP contribution is 2.18. The smallest absolute Gasteiger partial charge is 0.303 e. The van der Waals surface area contributed by atoms with Crippen molar-refractivity contribution < 1.29 is 14.7 Å². The van der Waals surface area contributed by atoms with Gasteiger partial charge in [0.2, 0.25) is 0 Å². The molecule has 0 heterocycles. The average Bonchev–Trinajstić information content (AvgIpc) is 2.37. The van der Waals surface area contributed by atoms with E-state index in [1.807, 2.05) is 0 Å². The number of hydrogen-bond acceptors (Lipinski definition) is 3. The first kappa shape index (κ1) is 16.5. The fourth-order valence-corrected chi connectivity index (χ4v) is 2.17. The minimum absolute atomic E-state index is 0.180. The molecule has 0 atom stereocenters. The molecule has 0 fully saturated rings. The number of nitrogens with two attached hydrogens (primary N) is 1. The molecule has 110 valence electrons. The van der Waals surface area contributed by atoms with Crippen LogP contribution in [-0.4, -0.2) is 23.5 Å². The average molecular weight is 343 g/mol. The van der Waals surface area contributed by atoms with Crippen molar-refractivity contribution in [2.45, 2.75) is 32.1 Å². The zero-order chi connectivity index (χ0) is 15.0.